The summed E-state index contributed by atoms with van der Waals surface area (Å²) in [6.45, 7) is 5.65. The van der Waals surface area contributed by atoms with Gasteiger partial charge in [-0.1, -0.05) is 12.2 Å². The first-order valence-corrected chi connectivity index (χ1v) is 3.17. The highest BCUT2D eigenvalue weighted by atomic mass is 14.8. The van der Waals surface area contributed by atoms with Crippen molar-refractivity contribution in [2.24, 2.45) is 0 Å². The zero-order valence-electron chi connectivity index (χ0n) is 6.52. The van der Waals surface area contributed by atoms with Gasteiger partial charge in [-0.05, 0) is 13.0 Å². The van der Waals surface area contributed by atoms with Crippen molar-refractivity contribution in [2.45, 2.75) is 6.92 Å². The Labute approximate surface area is 62.3 Å². The van der Waals surface area contributed by atoms with Crippen LogP contribution in [0, 0.1) is 0 Å². The summed E-state index contributed by atoms with van der Waals surface area (Å²) in [6.07, 6.45) is 7.35. The van der Waals surface area contributed by atoms with Crippen molar-refractivity contribution in [3.8, 4) is 0 Å². The number of rotatable bonds is 4. The highest BCUT2D eigenvalue weighted by Crippen LogP contribution is 1.85. The molecule has 0 aliphatic rings. The molecule has 0 bridgehead atoms. The number of nitrogens with one attached hydrogen (secondary N) is 2. The summed E-state index contributed by atoms with van der Waals surface area (Å²) < 4.78 is 0. The second-order valence-electron chi connectivity index (χ2n) is 1.97. The molecule has 0 rings (SSSR count). The van der Waals surface area contributed by atoms with Crippen molar-refractivity contribution < 1.29 is 0 Å². The quantitative estimate of drug-likeness (QED) is 0.573. The molecular weight excluding hydrogens is 124 g/mol. The van der Waals surface area contributed by atoms with E-state index in [1.165, 1.54) is 0 Å². The second-order valence-corrected chi connectivity index (χ2v) is 1.97. The van der Waals surface area contributed by atoms with Gasteiger partial charge in [0.05, 0.1) is 0 Å². The monoisotopic (exact) mass is 138 g/mol. The zero-order chi connectivity index (χ0) is 7.82. The van der Waals surface area contributed by atoms with Crippen molar-refractivity contribution in [3.05, 3.63) is 36.8 Å². The fourth-order valence-electron chi connectivity index (χ4n) is 0.377. The maximum Gasteiger partial charge on any atom is 0.0164 e. The highest BCUT2D eigenvalue weighted by Gasteiger charge is 1.69. The molecule has 0 aliphatic heterocycles. The van der Waals surface area contributed by atoms with Gasteiger partial charge in [-0.15, -0.1) is 0 Å². The smallest absolute Gasteiger partial charge is 0.0164 e. The minimum absolute atomic E-state index is 1.03. The third-order valence-corrected chi connectivity index (χ3v) is 0.810. The molecule has 56 valence electrons. The minimum Gasteiger partial charge on any atom is -0.393 e. The lowest BCUT2D eigenvalue weighted by Gasteiger charge is -1.89. The van der Waals surface area contributed by atoms with E-state index in [9.17, 15) is 0 Å². The number of hydrogen-bond donors (Lipinski definition) is 2. The summed E-state index contributed by atoms with van der Waals surface area (Å²) in [4.78, 5) is 0. The van der Waals surface area contributed by atoms with E-state index in [0.29, 0.717) is 0 Å². The Morgan fingerprint density at radius 2 is 2.00 bits per heavy atom. The Morgan fingerprint density at radius 3 is 2.50 bits per heavy atom. The molecule has 0 radical (unpaired) electrons. The SMILES string of the molecule is C=C(C)/C=C/N/C=C\NC. The summed E-state index contributed by atoms with van der Waals surface area (Å²) in [6, 6.07) is 0. The van der Waals surface area contributed by atoms with Gasteiger partial charge in [0.2, 0.25) is 0 Å². The first kappa shape index (κ1) is 8.82. The molecule has 2 heteroatoms. The van der Waals surface area contributed by atoms with Crippen molar-refractivity contribution in [3.63, 3.8) is 0 Å². The third kappa shape index (κ3) is 6.82. The topological polar surface area (TPSA) is 24.1 Å². The van der Waals surface area contributed by atoms with Crippen LogP contribution in [-0.2, 0) is 0 Å². The van der Waals surface area contributed by atoms with Crippen LogP contribution in [0.15, 0.2) is 36.8 Å². The maximum atomic E-state index is 3.71. The number of hydrogen-bond acceptors (Lipinski definition) is 2. The fraction of sp³-hybridized carbons (Fsp3) is 0.250. The van der Waals surface area contributed by atoms with Gasteiger partial charge < -0.3 is 10.6 Å². The molecule has 10 heavy (non-hydrogen) atoms. The summed E-state index contributed by atoms with van der Waals surface area (Å²) >= 11 is 0. The molecule has 0 amide bonds. The van der Waals surface area contributed by atoms with Crippen LogP contribution in [0.2, 0.25) is 0 Å². The second kappa shape index (κ2) is 5.95. The molecule has 2 nitrogen and oxygen atoms in total. The van der Waals surface area contributed by atoms with E-state index in [0.717, 1.165) is 5.57 Å². The lowest BCUT2D eigenvalue weighted by molar-refractivity contribution is 1.06. The molecule has 0 aromatic carbocycles. The zero-order valence-corrected chi connectivity index (χ0v) is 6.52. The largest absolute Gasteiger partial charge is 0.393 e. The average molecular weight is 138 g/mol. The molecule has 0 saturated heterocycles. The van der Waals surface area contributed by atoms with Gasteiger partial charge in [-0.2, -0.15) is 0 Å². The van der Waals surface area contributed by atoms with Crippen LogP contribution in [0.1, 0.15) is 6.92 Å². The Bertz CT molecular complexity index is 145. The predicted molar refractivity (Wildman–Crippen MR) is 45.3 cm³/mol. The molecule has 2 N–H and O–H groups in total. The molecule has 0 aromatic rings. The van der Waals surface area contributed by atoms with Gasteiger partial charge in [-0.3, -0.25) is 0 Å². The van der Waals surface area contributed by atoms with Gasteiger partial charge in [0.1, 0.15) is 0 Å². The van der Waals surface area contributed by atoms with E-state index >= 15 is 0 Å². The highest BCUT2D eigenvalue weighted by molar-refractivity contribution is 5.10. The van der Waals surface area contributed by atoms with E-state index in [2.05, 4.69) is 17.2 Å². The Balaban J connectivity index is 3.35. The van der Waals surface area contributed by atoms with E-state index in [1.54, 1.807) is 6.20 Å². The average Bonchev–Trinajstić information content (AvgIpc) is 1.87. The van der Waals surface area contributed by atoms with Crippen molar-refractivity contribution >= 4 is 0 Å². The summed E-state index contributed by atoms with van der Waals surface area (Å²) in [5, 5.41) is 5.79. The van der Waals surface area contributed by atoms with Crippen molar-refractivity contribution in [1.29, 1.82) is 0 Å². The molecule has 0 atom stereocenters. The van der Waals surface area contributed by atoms with Crippen LogP contribution < -0.4 is 10.6 Å². The number of allylic oxidation sites excluding steroid dienone is 2. The van der Waals surface area contributed by atoms with Gasteiger partial charge in [0, 0.05) is 25.6 Å². The Kier molecular flexibility index (Phi) is 5.25. The molecule has 0 heterocycles. The molecule has 0 unspecified atom stereocenters. The standard InChI is InChI=1S/C8H14N2/c1-8(2)4-5-10-7-6-9-3/h4-7,9-10H,1H2,2-3H3/b5-4+,7-6-. The fourth-order valence-corrected chi connectivity index (χ4v) is 0.377. The third-order valence-electron chi connectivity index (χ3n) is 0.810. The lowest BCUT2D eigenvalue weighted by atomic mass is 10.3. The van der Waals surface area contributed by atoms with Crippen molar-refractivity contribution in [1.82, 2.24) is 10.6 Å². The molecule has 0 spiro atoms. The minimum atomic E-state index is 1.03. The van der Waals surface area contributed by atoms with E-state index in [-0.39, 0.29) is 0 Å². The maximum absolute atomic E-state index is 3.71. The lowest BCUT2D eigenvalue weighted by Crippen LogP contribution is -1.97. The van der Waals surface area contributed by atoms with Crippen LogP contribution in [0.25, 0.3) is 0 Å². The summed E-state index contributed by atoms with van der Waals surface area (Å²) in [5.41, 5.74) is 1.03. The molecule has 0 fully saturated rings. The predicted octanol–water partition coefficient (Wildman–Crippen LogP) is 1.36. The van der Waals surface area contributed by atoms with Crippen LogP contribution in [0.4, 0.5) is 0 Å². The van der Waals surface area contributed by atoms with Gasteiger partial charge in [0.25, 0.3) is 0 Å². The summed E-state index contributed by atoms with van der Waals surface area (Å²) in [5.74, 6) is 0. The van der Waals surface area contributed by atoms with E-state index in [1.807, 2.05) is 32.4 Å². The normalized spacial score (nSPS) is 10.6. The molecule has 0 aromatic heterocycles. The van der Waals surface area contributed by atoms with E-state index < -0.39 is 0 Å². The van der Waals surface area contributed by atoms with E-state index in [4.69, 9.17) is 0 Å². The van der Waals surface area contributed by atoms with Gasteiger partial charge in [0.15, 0.2) is 0 Å². The van der Waals surface area contributed by atoms with Crippen LogP contribution in [0.5, 0.6) is 0 Å². The van der Waals surface area contributed by atoms with Crippen LogP contribution in [0.3, 0.4) is 0 Å². The first-order valence-electron chi connectivity index (χ1n) is 3.17. The van der Waals surface area contributed by atoms with Gasteiger partial charge >= 0.3 is 0 Å². The Hall–Kier alpha value is -1.18. The van der Waals surface area contributed by atoms with Crippen molar-refractivity contribution in [2.75, 3.05) is 7.05 Å². The molecular formula is C8H14N2. The molecule has 0 aliphatic carbocycles. The van der Waals surface area contributed by atoms with Crippen LogP contribution >= 0.6 is 0 Å². The Morgan fingerprint density at radius 1 is 1.30 bits per heavy atom. The summed E-state index contributed by atoms with van der Waals surface area (Å²) in [7, 11) is 1.85. The molecule has 0 saturated carbocycles. The first-order chi connectivity index (χ1) is 4.77. The van der Waals surface area contributed by atoms with Crippen LogP contribution in [-0.4, -0.2) is 7.05 Å². The van der Waals surface area contributed by atoms with Gasteiger partial charge in [-0.25, -0.2) is 0 Å².